The third kappa shape index (κ3) is 3.78. The van der Waals surface area contributed by atoms with Gasteiger partial charge in [0, 0.05) is 11.8 Å². The van der Waals surface area contributed by atoms with Gasteiger partial charge in [0.05, 0.1) is 11.7 Å². The first-order chi connectivity index (χ1) is 8.84. The lowest BCUT2D eigenvalue weighted by Crippen LogP contribution is -2.23. The summed E-state index contributed by atoms with van der Waals surface area (Å²) < 4.78 is 43.6. The number of halogens is 3. The van der Waals surface area contributed by atoms with E-state index in [1.54, 1.807) is 0 Å². The van der Waals surface area contributed by atoms with Crippen LogP contribution in [-0.2, 0) is 6.18 Å². The Morgan fingerprint density at radius 1 is 1.11 bits per heavy atom. The van der Waals surface area contributed by atoms with Crippen molar-refractivity contribution in [2.24, 2.45) is 5.92 Å². The first kappa shape index (κ1) is 14.0. The maximum absolute atomic E-state index is 12.7. The fraction of sp³-hybridized carbons (Fsp3) is 0.571. The molecule has 2 rings (SSSR count). The standard InChI is InChI=1S/C14H18F3NO/c1-9-2-4-12(5-3-9)19-13-7-10(14(15,16)17)6-11(18)8-13/h6-9,12H,2-5,18H2,1H3. The fourth-order valence-electron chi connectivity index (χ4n) is 2.39. The normalized spacial score (nSPS) is 24.2. The van der Waals surface area contributed by atoms with Crippen LogP contribution in [0.15, 0.2) is 18.2 Å². The van der Waals surface area contributed by atoms with E-state index in [1.165, 1.54) is 6.07 Å². The van der Waals surface area contributed by atoms with Gasteiger partial charge in [-0.2, -0.15) is 13.2 Å². The molecule has 19 heavy (non-hydrogen) atoms. The van der Waals surface area contributed by atoms with Crippen LogP contribution in [0.1, 0.15) is 38.2 Å². The fourth-order valence-corrected chi connectivity index (χ4v) is 2.39. The van der Waals surface area contributed by atoms with Gasteiger partial charge in [-0.05, 0) is 43.7 Å². The van der Waals surface area contributed by atoms with Gasteiger partial charge >= 0.3 is 6.18 Å². The summed E-state index contributed by atoms with van der Waals surface area (Å²) in [4.78, 5) is 0. The van der Waals surface area contributed by atoms with Crippen molar-refractivity contribution in [2.75, 3.05) is 5.73 Å². The molecule has 1 aromatic rings. The van der Waals surface area contributed by atoms with Crippen molar-refractivity contribution in [1.29, 1.82) is 0 Å². The van der Waals surface area contributed by atoms with Crippen LogP contribution in [-0.4, -0.2) is 6.10 Å². The summed E-state index contributed by atoms with van der Waals surface area (Å²) in [6, 6.07) is 3.40. The SMILES string of the molecule is CC1CCC(Oc2cc(N)cc(C(F)(F)F)c2)CC1. The molecule has 2 N–H and O–H groups in total. The number of nitrogens with two attached hydrogens (primary N) is 1. The molecule has 0 atom stereocenters. The molecule has 0 unspecified atom stereocenters. The maximum Gasteiger partial charge on any atom is 0.416 e. The highest BCUT2D eigenvalue weighted by molar-refractivity contribution is 5.48. The molecule has 2 nitrogen and oxygen atoms in total. The second kappa shape index (κ2) is 5.31. The van der Waals surface area contributed by atoms with Crippen LogP contribution in [0.4, 0.5) is 18.9 Å². The molecule has 1 aromatic carbocycles. The lowest BCUT2D eigenvalue weighted by atomic mass is 9.89. The molecule has 1 fully saturated rings. The van der Waals surface area contributed by atoms with Crippen LogP contribution in [0.25, 0.3) is 0 Å². The van der Waals surface area contributed by atoms with Gasteiger partial charge in [0.1, 0.15) is 5.75 Å². The van der Waals surface area contributed by atoms with Crippen LogP contribution in [0.3, 0.4) is 0 Å². The zero-order valence-corrected chi connectivity index (χ0v) is 10.8. The van der Waals surface area contributed by atoms with Gasteiger partial charge in [0.25, 0.3) is 0 Å². The third-order valence-corrected chi connectivity index (χ3v) is 3.52. The molecule has 0 saturated heterocycles. The smallest absolute Gasteiger partial charge is 0.416 e. The van der Waals surface area contributed by atoms with Crippen LogP contribution in [0, 0.1) is 5.92 Å². The van der Waals surface area contributed by atoms with E-state index in [0.717, 1.165) is 37.8 Å². The van der Waals surface area contributed by atoms with E-state index in [9.17, 15) is 13.2 Å². The van der Waals surface area contributed by atoms with Crippen molar-refractivity contribution in [3.63, 3.8) is 0 Å². The predicted octanol–water partition coefficient (Wildman–Crippen LogP) is 4.25. The number of hydrogen-bond donors (Lipinski definition) is 1. The Labute approximate surface area is 110 Å². The predicted molar refractivity (Wildman–Crippen MR) is 67.9 cm³/mol. The summed E-state index contributed by atoms with van der Waals surface area (Å²) in [5.41, 5.74) is 4.82. The molecule has 0 aliphatic heterocycles. The number of anilines is 1. The Morgan fingerprint density at radius 2 is 1.74 bits per heavy atom. The van der Waals surface area contributed by atoms with E-state index in [0.29, 0.717) is 5.92 Å². The molecule has 0 spiro atoms. The number of ether oxygens (including phenoxy) is 1. The van der Waals surface area contributed by atoms with Gasteiger partial charge in [0.2, 0.25) is 0 Å². The molecular formula is C14H18F3NO. The molecule has 1 saturated carbocycles. The summed E-state index contributed by atoms with van der Waals surface area (Å²) in [7, 11) is 0. The number of nitrogen functional groups attached to an aromatic ring is 1. The number of alkyl halides is 3. The van der Waals surface area contributed by atoms with Gasteiger partial charge in [-0.1, -0.05) is 6.92 Å². The number of rotatable bonds is 2. The maximum atomic E-state index is 12.7. The molecule has 106 valence electrons. The second-order valence-corrected chi connectivity index (χ2v) is 5.29. The van der Waals surface area contributed by atoms with Crippen molar-refractivity contribution < 1.29 is 17.9 Å². The van der Waals surface area contributed by atoms with Crippen molar-refractivity contribution >= 4 is 5.69 Å². The van der Waals surface area contributed by atoms with Crippen molar-refractivity contribution in [1.82, 2.24) is 0 Å². The Bertz CT molecular complexity index is 437. The first-order valence-electron chi connectivity index (χ1n) is 6.49. The van der Waals surface area contributed by atoms with Crippen molar-refractivity contribution in [2.45, 2.75) is 44.9 Å². The highest BCUT2D eigenvalue weighted by atomic mass is 19.4. The summed E-state index contributed by atoms with van der Waals surface area (Å²) in [6.45, 7) is 2.18. The van der Waals surface area contributed by atoms with Gasteiger partial charge in [-0.15, -0.1) is 0 Å². The molecular weight excluding hydrogens is 255 g/mol. The molecule has 1 aliphatic carbocycles. The van der Waals surface area contributed by atoms with E-state index >= 15 is 0 Å². The minimum atomic E-state index is -4.39. The summed E-state index contributed by atoms with van der Waals surface area (Å²) in [5.74, 6) is 0.887. The summed E-state index contributed by atoms with van der Waals surface area (Å²) in [6.07, 6.45) is -0.513. The van der Waals surface area contributed by atoms with Crippen molar-refractivity contribution in [3.8, 4) is 5.75 Å². The summed E-state index contributed by atoms with van der Waals surface area (Å²) >= 11 is 0. The van der Waals surface area contributed by atoms with E-state index in [2.05, 4.69) is 6.92 Å². The van der Waals surface area contributed by atoms with E-state index in [1.807, 2.05) is 0 Å². The molecule has 5 heteroatoms. The van der Waals surface area contributed by atoms with Gasteiger partial charge in [0.15, 0.2) is 0 Å². The third-order valence-electron chi connectivity index (χ3n) is 3.52. The quantitative estimate of drug-likeness (QED) is 0.818. The van der Waals surface area contributed by atoms with Gasteiger partial charge < -0.3 is 10.5 Å². The summed E-state index contributed by atoms with van der Waals surface area (Å²) in [5, 5.41) is 0. The van der Waals surface area contributed by atoms with Crippen molar-refractivity contribution in [3.05, 3.63) is 23.8 Å². The highest BCUT2D eigenvalue weighted by Gasteiger charge is 2.31. The van der Waals surface area contributed by atoms with Gasteiger partial charge in [-0.3, -0.25) is 0 Å². The average molecular weight is 273 g/mol. The van der Waals surface area contributed by atoms with Crippen LogP contribution < -0.4 is 10.5 Å². The lowest BCUT2D eigenvalue weighted by Gasteiger charge is -2.27. The van der Waals surface area contributed by atoms with Gasteiger partial charge in [-0.25, -0.2) is 0 Å². The molecule has 0 aromatic heterocycles. The van der Waals surface area contributed by atoms with Crippen LogP contribution >= 0.6 is 0 Å². The minimum absolute atomic E-state index is 0.000848. The lowest BCUT2D eigenvalue weighted by molar-refractivity contribution is -0.137. The average Bonchev–Trinajstić information content (AvgIpc) is 2.30. The van der Waals surface area contributed by atoms with E-state index in [4.69, 9.17) is 10.5 Å². The second-order valence-electron chi connectivity index (χ2n) is 5.29. The Morgan fingerprint density at radius 3 is 2.32 bits per heavy atom. The molecule has 0 heterocycles. The topological polar surface area (TPSA) is 35.2 Å². The van der Waals surface area contributed by atoms with E-state index < -0.39 is 11.7 Å². The molecule has 0 radical (unpaired) electrons. The molecule has 0 bridgehead atoms. The Hall–Kier alpha value is -1.39. The zero-order valence-electron chi connectivity index (χ0n) is 10.8. The first-order valence-corrected chi connectivity index (χ1v) is 6.49. The minimum Gasteiger partial charge on any atom is -0.490 e. The number of benzene rings is 1. The largest absolute Gasteiger partial charge is 0.490 e. The van der Waals surface area contributed by atoms with Crippen LogP contribution in [0.2, 0.25) is 0 Å². The Kier molecular flexibility index (Phi) is 3.92. The monoisotopic (exact) mass is 273 g/mol. The van der Waals surface area contributed by atoms with E-state index in [-0.39, 0.29) is 17.5 Å². The van der Waals surface area contributed by atoms with Crippen LogP contribution in [0.5, 0.6) is 5.75 Å². The number of hydrogen-bond acceptors (Lipinski definition) is 2. The molecule has 0 amide bonds. The zero-order chi connectivity index (χ0) is 14.0. The highest BCUT2D eigenvalue weighted by Crippen LogP contribution is 2.35. The Balaban J connectivity index is 2.10. The molecule has 1 aliphatic rings.